The molecule has 0 bridgehead atoms. The minimum atomic E-state index is 0.275. The van der Waals surface area contributed by atoms with Crippen LogP contribution in [-0.2, 0) is 6.42 Å². The Morgan fingerprint density at radius 1 is 1.20 bits per heavy atom. The summed E-state index contributed by atoms with van der Waals surface area (Å²) >= 11 is 0. The Morgan fingerprint density at radius 3 is 2.50 bits per heavy atom. The van der Waals surface area contributed by atoms with Crippen LogP contribution in [-0.4, -0.2) is 13.7 Å². The number of hydrogen-bond donors (Lipinski definition) is 1. The molecule has 3 nitrogen and oxygen atoms in total. The molecule has 0 saturated carbocycles. The molecule has 0 aliphatic rings. The molecule has 0 aliphatic heterocycles. The van der Waals surface area contributed by atoms with E-state index in [0.717, 1.165) is 30.9 Å². The molecule has 0 radical (unpaired) electrons. The highest BCUT2D eigenvalue weighted by Gasteiger charge is 2.15. The first-order chi connectivity index (χ1) is 9.74. The molecule has 1 atom stereocenters. The second kappa shape index (κ2) is 7.15. The van der Waals surface area contributed by atoms with Crippen molar-refractivity contribution in [1.29, 1.82) is 0 Å². The summed E-state index contributed by atoms with van der Waals surface area (Å²) in [6.07, 6.45) is 3.80. The molecule has 1 heterocycles. The molecule has 2 aromatic rings. The predicted molar refractivity (Wildman–Crippen MR) is 81.2 cm³/mol. The van der Waals surface area contributed by atoms with Gasteiger partial charge in [0.25, 0.3) is 0 Å². The molecular weight excluding hydrogens is 250 g/mol. The van der Waals surface area contributed by atoms with Crippen LogP contribution in [0.3, 0.4) is 0 Å². The highest BCUT2D eigenvalue weighted by molar-refractivity contribution is 5.27. The third kappa shape index (κ3) is 3.64. The van der Waals surface area contributed by atoms with Crippen LogP contribution in [0.1, 0.15) is 36.3 Å². The summed E-state index contributed by atoms with van der Waals surface area (Å²) in [4.78, 5) is 0. The van der Waals surface area contributed by atoms with Crippen molar-refractivity contribution in [3.05, 3.63) is 53.5 Å². The van der Waals surface area contributed by atoms with Crippen molar-refractivity contribution in [2.45, 2.75) is 32.7 Å². The Labute approximate surface area is 121 Å². The Morgan fingerprint density at radius 2 is 1.95 bits per heavy atom. The lowest BCUT2D eigenvalue weighted by atomic mass is 10.0. The SMILES string of the molecule is CCNC(CCc1ccc(OC)cc1)c1occc1C. The predicted octanol–water partition coefficient (Wildman–Crippen LogP) is 3.88. The summed E-state index contributed by atoms with van der Waals surface area (Å²) < 4.78 is 10.8. The zero-order chi connectivity index (χ0) is 14.4. The summed E-state index contributed by atoms with van der Waals surface area (Å²) in [5.74, 6) is 1.96. The number of nitrogens with one attached hydrogen (secondary N) is 1. The van der Waals surface area contributed by atoms with Crippen LogP contribution in [0, 0.1) is 6.92 Å². The fraction of sp³-hybridized carbons (Fsp3) is 0.412. The maximum atomic E-state index is 5.62. The summed E-state index contributed by atoms with van der Waals surface area (Å²) in [6.45, 7) is 5.16. The number of benzene rings is 1. The van der Waals surface area contributed by atoms with Gasteiger partial charge in [0.2, 0.25) is 0 Å². The van der Waals surface area contributed by atoms with Gasteiger partial charge in [-0.05, 0) is 55.6 Å². The highest BCUT2D eigenvalue weighted by Crippen LogP contribution is 2.24. The molecule has 1 aromatic heterocycles. The standard InChI is InChI=1S/C17H23NO2/c1-4-18-16(17-13(2)11-12-20-17)10-7-14-5-8-15(19-3)9-6-14/h5-6,8-9,11-12,16,18H,4,7,10H2,1-3H3. The Kier molecular flexibility index (Phi) is 5.24. The van der Waals surface area contributed by atoms with Gasteiger partial charge in [0.05, 0.1) is 19.4 Å². The molecule has 0 spiro atoms. The van der Waals surface area contributed by atoms with E-state index in [4.69, 9.17) is 9.15 Å². The molecule has 0 aliphatic carbocycles. The van der Waals surface area contributed by atoms with Crippen molar-refractivity contribution in [2.75, 3.05) is 13.7 Å². The summed E-state index contributed by atoms with van der Waals surface area (Å²) in [7, 11) is 1.69. The maximum absolute atomic E-state index is 5.62. The van der Waals surface area contributed by atoms with E-state index < -0.39 is 0 Å². The molecule has 0 amide bonds. The second-order valence-electron chi connectivity index (χ2n) is 4.96. The second-order valence-corrected chi connectivity index (χ2v) is 4.96. The van der Waals surface area contributed by atoms with Crippen molar-refractivity contribution >= 4 is 0 Å². The van der Waals surface area contributed by atoms with Gasteiger partial charge in [-0.1, -0.05) is 19.1 Å². The molecule has 3 heteroatoms. The van der Waals surface area contributed by atoms with Crippen LogP contribution >= 0.6 is 0 Å². The number of rotatable bonds is 7. The number of methoxy groups -OCH3 is 1. The normalized spacial score (nSPS) is 12.3. The van der Waals surface area contributed by atoms with Gasteiger partial charge in [0.15, 0.2) is 0 Å². The third-order valence-corrected chi connectivity index (χ3v) is 3.55. The van der Waals surface area contributed by atoms with Gasteiger partial charge in [0.1, 0.15) is 11.5 Å². The van der Waals surface area contributed by atoms with Crippen LogP contribution < -0.4 is 10.1 Å². The number of aryl methyl sites for hydroxylation is 2. The van der Waals surface area contributed by atoms with Crippen molar-refractivity contribution in [2.24, 2.45) is 0 Å². The fourth-order valence-corrected chi connectivity index (χ4v) is 2.42. The van der Waals surface area contributed by atoms with Crippen molar-refractivity contribution in [1.82, 2.24) is 5.32 Å². The van der Waals surface area contributed by atoms with E-state index in [-0.39, 0.29) is 6.04 Å². The third-order valence-electron chi connectivity index (χ3n) is 3.55. The monoisotopic (exact) mass is 273 g/mol. The average molecular weight is 273 g/mol. The smallest absolute Gasteiger partial charge is 0.123 e. The Bertz CT molecular complexity index is 516. The van der Waals surface area contributed by atoms with E-state index >= 15 is 0 Å². The van der Waals surface area contributed by atoms with E-state index in [1.807, 2.05) is 18.2 Å². The van der Waals surface area contributed by atoms with Crippen LogP contribution in [0.4, 0.5) is 0 Å². The Balaban J connectivity index is 2.00. The molecule has 1 aromatic carbocycles. The zero-order valence-corrected chi connectivity index (χ0v) is 12.5. The first-order valence-corrected chi connectivity index (χ1v) is 7.15. The number of furan rings is 1. The summed E-state index contributed by atoms with van der Waals surface area (Å²) in [5, 5.41) is 3.50. The van der Waals surface area contributed by atoms with Crippen LogP contribution in [0.15, 0.2) is 41.0 Å². The van der Waals surface area contributed by atoms with Crippen molar-refractivity contribution in [3.63, 3.8) is 0 Å². The molecule has 108 valence electrons. The number of ether oxygens (including phenoxy) is 1. The first kappa shape index (κ1) is 14.7. The molecule has 1 unspecified atom stereocenters. The van der Waals surface area contributed by atoms with Crippen LogP contribution in [0.5, 0.6) is 5.75 Å². The van der Waals surface area contributed by atoms with Gasteiger partial charge in [-0.25, -0.2) is 0 Å². The molecule has 20 heavy (non-hydrogen) atoms. The van der Waals surface area contributed by atoms with Gasteiger partial charge in [0, 0.05) is 0 Å². The minimum Gasteiger partial charge on any atom is -0.497 e. The van der Waals surface area contributed by atoms with Crippen molar-refractivity contribution in [3.8, 4) is 5.75 Å². The molecule has 1 N–H and O–H groups in total. The van der Waals surface area contributed by atoms with Gasteiger partial charge in [-0.3, -0.25) is 0 Å². The number of hydrogen-bond acceptors (Lipinski definition) is 3. The van der Waals surface area contributed by atoms with Gasteiger partial charge in [-0.15, -0.1) is 0 Å². The Hall–Kier alpha value is -1.74. The first-order valence-electron chi connectivity index (χ1n) is 7.15. The lowest BCUT2D eigenvalue weighted by Gasteiger charge is -2.16. The molecule has 2 rings (SSSR count). The van der Waals surface area contributed by atoms with Gasteiger partial charge < -0.3 is 14.5 Å². The lowest BCUT2D eigenvalue weighted by molar-refractivity contribution is 0.398. The van der Waals surface area contributed by atoms with E-state index in [2.05, 4.69) is 31.3 Å². The van der Waals surface area contributed by atoms with Crippen LogP contribution in [0.25, 0.3) is 0 Å². The quantitative estimate of drug-likeness (QED) is 0.831. The fourth-order valence-electron chi connectivity index (χ4n) is 2.42. The molecule has 0 fully saturated rings. The highest BCUT2D eigenvalue weighted by atomic mass is 16.5. The van der Waals surface area contributed by atoms with E-state index in [1.54, 1.807) is 13.4 Å². The molecule has 0 saturated heterocycles. The van der Waals surface area contributed by atoms with Gasteiger partial charge >= 0.3 is 0 Å². The van der Waals surface area contributed by atoms with Crippen LogP contribution in [0.2, 0.25) is 0 Å². The topological polar surface area (TPSA) is 34.4 Å². The zero-order valence-electron chi connectivity index (χ0n) is 12.5. The van der Waals surface area contributed by atoms with E-state index in [1.165, 1.54) is 11.1 Å². The van der Waals surface area contributed by atoms with E-state index in [9.17, 15) is 0 Å². The maximum Gasteiger partial charge on any atom is 0.123 e. The largest absolute Gasteiger partial charge is 0.497 e. The van der Waals surface area contributed by atoms with Gasteiger partial charge in [-0.2, -0.15) is 0 Å². The lowest BCUT2D eigenvalue weighted by Crippen LogP contribution is -2.21. The minimum absolute atomic E-state index is 0.275. The van der Waals surface area contributed by atoms with E-state index in [0.29, 0.717) is 0 Å². The average Bonchev–Trinajstić information content (AvgIpc) is 2.90. The molecular formula is C17H23NO2. The summed E-state index contributed by atoms with van der Waals surface area (Å²) in [5.41, 5.74) is 2.53. The summed E-state index contributed by atoms with van der Waals surface area (Å²) in [6, 6.07) is 10.6. The van der Waals surface area contributed by atoms with Crippen molar-refractivity contribution < 1.29 is 9.15 Å².